The van der Waals surface area contributed by atoms with Gasteiger partial charge in [0.2, 0.25) is 0 Å². The van der Waals surface area contributed by atoms with E-state index in [1.807, 2.05) is 67.7 Å². The van der Waals surface area contributed by atoms with E-state index in [9.17, 15) is 9.59 Å². The van der Waals surface area contributed by atoms with Crippen LogP contribution in [0.2, 0.25) is 10.0 Å². The smallest absolute Gasteiger partial charge is 0.323 e. The topological polar surface area (TPSA) is 98.0 Å². The van der Waals surface area contributed by atoms with Crippen molar-refractivity contribution < 1.29 is 9.59 Å². The maximum Gasteiger partial charge on any atom is 0.323 e. The molecule has 2 heterocycles. The molecule has 4 aromatic rings. The van der Waals surface area contributed by atoms with Crippen molar-refractivity contribution in [1.82, 2.24) is 4.98 Å². The average molecular weight is 518 g/mol. The van der Waals surface area contributed by atoms with Crippen LogP contribution < -0.4 is 21.3 Å². The molecule has 180 valence electrons. The third kappa shape index (κ3) is 5.07. The van der Waals surface area contributed by atoms with Gasteiger partial charge in [-0.3, -0.25) is 4.79 Å². The van der Waals surface area contributed by atoms with Crippen LogP contribution in [-0.2, 0) is 4.79 Å². The second-order valence-corrected chi connectivity index (χ2v) is 9.08. The van der Waals surface area contributed by atoms with Gasteiger partial charge in [0.15, 0.2) is 0 Å². The summed E-state index contributed by atoms with van der Waals surface area (Å²) in [5.41, 5.74) is 6.77. The molecule has 0 saturated carbocycles. The highest BCUT2D eigenvalue weighted by Crippen LogP contribution is 2.36. The summed E-state index contributed by atoms with van der Waals surface area (Å²) >= 11 is 11.9. The summed E-state index contributed by atoms with van der Waals surface area (Å²) in [6, 6.07) is 19.5. The quantitative estimate of drug-likeness (QED) is 0.177. The first kappa shape index (κ1) is 23.5. The highest BCUT2D eigenvalue weighted by atomic mass is 35.5. The number of aromatic amines is 1. The van der Waals surface area contributed by atoms with E-state index in [-0.39, 0.29) is 5.91 Å². The van der Waals surface area contributed by atoms with E-state index >= 15 is 0 Å². The van der Waals surface area contributed by atoms with E-state index in [4.69, 9.17) is 23.2 Å². The van der Waals surface area contributed by atoms with Gasteiger partial charge in [-0.25, -0.2) is 4.79 Å². The molecular formula is C27H21Cl2N5O2. The number of carbonyl (C=O) groups is 2. The number of rotatable bonds is 5. The van der Waals surface area contributed by atoms with E-state index in [1.54, 1.807) is 18.2 Å². The van der Waals surface area contributed by atoms with Crippen LogP contribution in [0.25, 0.3) is 11.6 Å². The van der Waals surface area contributed by atoms with Crippen molar-refractivity contribution in [3.05, 3.63) is 99.8 Å². The molecule has 36 heavy (non-hydrogen) atoms. The zero-order chi connectivity index (χ0) is 25.2. The van der Waals surface area contributed by atoms with Crippen molar-refractivity contribution in [3.8, 4) is 0 Å². The number of hydrogen-bond donors (Lipinski definition) is 5. The van der Waals surface area contributed by atoms with Gasteiger partial charge in [0.1, 0.15) is 0 Å². The summed E-state index contributed by atoms with van der Waals surface area (Å²) in [5, 5.41) is 12.6. The lowest BCUT2D eigenvalue weighted by molar-refractivity contribution is -0.110. The van der Waals surface area contributed by atoms with Gasteiger partial charge in [0, 0.05) is 40.2 Å². The van der Waals surface area contributed by atoms with Gasteiger partial charge in [-0.2, -0.15) is 0 Å². The van der Waals surface area contributed by atoms with E-state index in [1.165, 1.54) is 0 Å². The van der Waals surface area contributed by atoms with E-state index in [2.05, 4.69) is 26.3 Å². The fourth-order valence-corrected chi connectivity index (χ4v) is 4.16. The average Bonchev–Trinajstić information content (AvgIpc) is 3.46. The molecule has 5 rings (SSSR count). The number of carbonyl (C=O) groups excluding carboxylic acids is 2. The molecule has 0 bridgehead atoms. The molecule has 0 spiro atoms. The number of aryl methyl sites for hydroxylation is 1. The first-order valence-corrected chi connectivity index (χ1v) is 11.8. The van der Waals surface area contributed by atoms with Gasteiger partial charge in [-0.05, 0) is 73.2 Å². The third-order valence-electron chi connectivity index (χ3n) is 5.68. The van der Waals surface area contributed by atoms with E-state index in [0.29, 0.717) is 27.0 Å². The zero-order valence-electron chi connectivity index (χ0n) is 19.1. The lowest BCUT2D eigenvalue weighted by atomic mass is 10.1. The Bertz CT molecular complexity index is 1510. The Morgan fingerprint density at radius 1 is 0.889 bits per heavy atom. The Labute approximate surface area is 217 Å². The molecule has 3 amide bonds. The van der Waals surface area contributed by atoms with Crippen LogP contribution in [0, 0.1) is 6.92 Å². The SMILES string of the molecule is Cc1ccc(NC(=O)Nc2ccc(Cl)c(Cl)c2)cc1Nc1ccc2c(c1)NC(=O)/C2=C\c1ccc[nH]1. The number of amides is 3. The molecule has 0 fully saturated rings. The predicted molar refractivity (Wildman–Crippen MR) is 147 cm³/mol. The largest absolute Gasteiger partial charge is 0.362 e. The Morgan fingerprint density at radius 2 is 1.64 bits per heavy atom. The second-order valence-electron chi connectivity index (χ2n) is 8.26. The number of anilines is 5. The molecule has 0 aliphatic carbocycles. The molecule has 1 aliphatic rings. The highest BCUT2D eigenvalue weighted by molar-refractivity contribution is 6.42. The predicted octanol–water partition coefficient (Wildman–Crippen LogP) is 7.51. The number of urea groups is 1. The fourth-order valence-electron chi connectivity index (χ4n) is 3.86. The zero-order valence-corrected chi connectivity index (χ0v) is 20.6. The molecule has 0 atom stereocenters. The van der Waals surface area contributed by atoms with Crippen LogP contribution in [0.5, 0.6) is 0 Å². The normalized spacial score (nSPS) is 13.3. The molecule has 3 aromatic carbocycles. The summed E-state index contributed by atoms with van der Waals surface area (Å²) in [6.45, 7) is 1.97. The maximum absolute atomic E-state index is 12.5. The van der Waals surface area contributed by atoms with Gasteiger partial charge >= 0.3 is 6.03 Å². The molecule has 9 heteroatoms. The third-order valence-corrected chi connectivity index (χ3v) is 6.42. The van der Waals surface area contributed by atoms with E-state index in [0.717, 1.165) is 33.9 Å². The minimum Gasteiger partial charge on any atom is -0.362 e. The van der Waals surface area contributed by atoms with Crippen molar-refractivity contribution in [2.75, 3.05) is 21.3 Å². The van der Waals surface area contributed by atoms with Crippen molar-refractivity contribution >= 4 is 75.2 Å². The molecule has 0 unspecified atom stereocenters. The van der Waals surface area contributed by atoms with Crippen LogP contribution in [0.1, 0.15) is 16.8 Å². The Balaban J connectivity index is 1.31. The lowest BCUT2D eigenvalue weighted by Gasteiger charge is -2.14. The van der Waals surface area contributed by atoms with Gasteiger partial charge in [0.25, 0.3) is 5.91 Å². The first-order chi connectivity index (χ1) is 17.4. The van der Waals surface area contributed by atoms with Gasteiger partial charge in [-0.1, -0.05) is 35.3 Å². The maximum atomic E-state index is 12.5. The van der Waals surface area contributed by atoms with Gasteiger partial charge < -0.3 is 26.3 Å². The van der Waals surface area contributed by atoms with Crippen LogP contribution in [0.15, 0.2) is 72.9 Å². The lowest BCUT2D eigenvalue weighted by Crippen LogP contribution is -2.19. The molecule has 0 radical (unpaired) electrons. The fraction of sp³-hybridized carbons (Fsp3) is 0.0370. The molecule has 0 saturated heterocycles. The number of hydrogen-bond acceptors (Lipinski definition) is 3. The minimum absolute atomic E-state index is 0.146. The van der Waals surface area contributed by atoms with Crippen molar-refractivity contribution in [1.29, 1.82) is 0 Å². The van der Waals surface area contributed by atoms with E-state index < -0.39 is 6.03 Å². The van der Waals surface area contributed by atoms with Gasteiger partial charge in [-0.15, -0.1) is 0 Å². The standard InChI is InChI=1S/C27H21Cl2N5O2/c1-15-4-5-19(33-27(36)32-17-7-9-22(28)23(29)12-17)13-24(15)31-18-6-8-20-21(11-16-3-2-10-30-16)26(35)34-25(20)14-18/h2-14,30-31H,1H3,(H,34,35)(H2,32,33,36)/b21-11-. The van der Waals surface area contributed by atoms with Crippen LogP contribution in [0.4, 0.5) is 33.2 Å². The summed E-state index contributed by atoms with van der Waals surface area (Å²) in [5.74, 6) is -0.146. The summed E-state index contributed by atoms with van der Waals surface area (Å²) in [6.07, 6.45) is 3.64. The number of benzene rings is 3. The number of halogens is 2. The summed E-state index contributed by atoms with van der Waals surface area (Å²) < 4.78 is 0. The van der Waals surface area contributed by atoms with Gasteiger partial charge in [0.05, 0.1) is 21.3 Å². The molecule has 1 aliphatic heterocycles. The first-order valence-electron chi connectivity index (χ1n) is 11.1. The monoisotopic (exact) mass is 517 g/mol. The molecular weight excluding hydrogens is 497 g/mol. The number of aromatic nitrogens is 1. The number of nitrogens with one attached hydrogen (secondary N) is 5. The Kier molecular flexibility index (Phi) is 6.41. The molecule has 1 aromatic heterocycles. The minimum atomic E-state index is -0.412. The van der Waals surface area contributed by atoms with Crippen molar-refractivity contribution in [2.24, 2.45) is 0 Å². The summed E-state index contributed by atoms with van der Waals surface area (Å²) in [4.78, 5) is 28.1. The van der Waals surface area contributed by atoms with Crippen molar-refractivity contribution in [2.45, 2.75) is 6.92 Å². The Morgan fingerprint density at radius 3 is 2.39 bits per heavy atom. The van der Waals surface area contributed by atoms with Crippen LogP contribution in [0.3, 0.4) is 0 Å². The van der Waals surface area contributed by atoms with Crippen molar-refractivity contribution in [3.63, 3.8) is 0 Å². The molecule has 7 nitrogen and oxygen atoms in total. The highest BCUT2D eigenvalue weighted by Gasteiger charge is 2.24. The Hall–Kier alpha value is -4.20. The summed E-state index contributed by atoms with van der Waals surface area (Å²) in [7, 11) is 0. The van der Waals surface area contributed by atoms with Crippen LogP contribution >= 0.6 is 23.2 Å². The molecule has 5 N–H and O–H groups in total. The number of fused-ring (bicyclic) bond motifs is 1. The number of H-pyrrole nitrogens is 1. The van der Waals surface area contributed by atoms with Crippen LogP contribution in [-0.4, -0.2) is 16.9 Å². The second kappa shape index (κ2) is 9.81.